The Hall–Kier alpha value is -0.210. The predicted octanol–water partition coefficient (Wildman–Crippen LogP) is 4.11. The maximum atomic E-state index is 5.62. The molecule has 0 radical (unpaired) electrons. The lowest BCUT2D eigenvalue weighted by molar-refractivity contribution is 0.628. The smallest absolute Gasteiger partial charge is 0.00233 e. The first kappa shape index (κ1) is 13.9. The van der Waals surface area contributed by atoms with Crippen molar-refractivity contribution in [1.29, 1.82) is 0 Å². The van der Waals surface area contributed by atoms with Crippen LogP contribution in [-0.2, 0) is 0 Å². The number of nitrogens with two attached hydrogens (primary N) is 1. The standard InChI is InChI=1S/C14H25NS/c1-3-4-10-16-14-7-5-6-13(11-14)12(2)8-9-15/h6,11-12H,3-5,7-10,15H2,1-2H3. The number of thioether (sulfide) groups is 1. The molecule has 2 N–H and O–H groups in total. The summed E-state index contributed by atoms with van der Waals surface area (Å²) in [5.74, 6) is 1.91. The second-order valence-electron chi connectivity index (χ2n) is 4.53. The van der Waals surface area contributed by atoms with Crippen molar-refractivity contribution in [2.75, 3.05) is 12.3 Å². The second-order valence-corrected chi connectivity index (χ2v) is 5.76. The van der Waals surface area contributed by atoms with Crippen LogP contribution >= 0.6 is 11.8 Å². The predicted molar refractivity (Wildman–Crippen MR) is 75.6 cm³/mol. The molecule has 0 saturated heterocycles. The van der Waals surface area contributed by atoms with Crippen LogP contribution in [0.3, 0.4) is 0 Å². The summed E-state index contributed by atoms with van der Waals surface area (Å²) >= 11 is 2.05. The van der Waals surface area contributed by atoms with Gasteiger partial charge in [-0.2, -0.15) is 0 Å². The molecule has 2 heteroatoms. The average Bonchev–Trinajstić information content (AvgIpc) is 2.30. The van der Waals surface area contributed by atoms with Crippen LogP contribution in [0.2, 0.25) is 0 Å². The molecule has 0 aromatic rings. The van der Waals surface area contributed by atoms with E-state index in [0.717, 1.165) is 13.0 Å². The van der Waals surface area contributed by atoms with Gasteiger partial charge in [0.1, 0.15) is 0 Å². The van der Waals surface area contributed by atoms with Crippen LogP contribution in [0.25, 0.3) is 0 Å². The molecule has 0 aliphatic heterocycles. The third kappa shape index (κ3) is 4.75. The van der Waals surface area contributed by atoms with Gasteiger partial charge in [0.05, 0.1) is 0 Å². The van der Waals surface area contributed by atoms with E-state index < -0.39 is 0 Å². The highest BCUT2D eigenvalue weighted by atomic mass is 32.2. The van der Waals surface area contributed by atoms with Crippen LogP contribution in [0, 0.1) is 5.92 Å². The van der Waals surface area contributed by atoms with Gasteiger partial charge in [0.2, 0.25) is 0 Å². The first-order valence-corrected chi connectivity index (χ1v) is 7.50. The van der Waals surface area contributed by atoms with Crippen molar-refractivity contribution in [3.05, 3.63) is 22.6 Å². The first-order chi connectivity index (χ1) is 7.77. The Bertz CT molecular complexity index is 255. The lowest BCUT2D eigenvalue weighted by Crippen LogP contribution is -2.08. The van der Waals surface area contributed by atoms with Crippen LogP contribution in [-0.4, -0.2) is 12.3 Å². The summed E-state index contributed by atoms with van der Waals surface area (Å²) in [4.78, 5) is 1.58. The zero-order chi connectivity index (χ0) is 11.8. The lowest BCUT2D eigenvalue weighted by Gasteiger charge is -2.18. The summed E-state index contributed by atoms with van der Waals surface area (Å²) in [5, 5.41) is 0. The molecule has 0 spiro atoms. The summed E-state index contributed by atoms with van der Waals surface area (Å²) in [7, 11) is 0. The largest absolute Gasteiger partial charge is 0.330 e. The van der Waals surface area contributed by atoms with Gasteiger partial charge in [0.25, 0.3) is 0 Å². The molecule has 0 aromatic carbocycles. The maximum Gasteiger partial charge on any atom is -0.00233 e. The number of hydrogen-bond donors (Lipinski definition) is 1. The minimum absolute atomic E-state index is 0.632. The molecule has 0 heterocycles. The Morgan fingerprint density at radius 2 is 2.31 bits per heavy atom. The fourth-order valence-electron chi connectivity index (χ4n) is 1.92. The Balaban J connectivity index is 2.44. The third-order valence-corrected chi connectivity index (χ3v) is 4.24. The molecule has 1 atom stereocenters. The molecule has 0 amide bonds. The van der Waals surface area contributed by atoms with Gasteiger partial charge in [-0.05, 0) is 60.5 Å². The minimum Gasteiger partial charge on any atom is -0.330 e. The van der Waals surface area contributed by atoms with E-state index in [9.17, 15) is 0 Å². The van der Waals surface area contributed by atoms with E-state index >= 15 is 0 Å². The van der Waals surface area contributed by atoms with Crippen molar-refractivity contribution in [2.45, 2.75) is 46.0 Å². The second kappa shape index (κ2) is 7.97. The van der Waals surface area contributed by atoms with Gasteiger partial charge in [-0.1, -0.05) is 26.3 Å². The van der Waals surface area contributed by atoms with Crippen molar-refractivity contribution in [2.24, 2.45) is 11.7 Å². The Morgan fingerprint density at radius 1 is 1.50 bits per heavy atom. The number of rotatable bonds is 7. The van der Waals surface area contributed by atoms with E-state index in [1.54, 1.807) is 4.91 Å². The SMILES string of the molecule is CCCCSC1=CC(C(C)CCN)=CCC1. The first-order valence-electron chi connectivity index (χ1n) is 6.51. The number of unbranched alkanes of at least 4 members (excludes halogenated alkanes) is 1. The molecule has 0 saturated carbocycles. The van der Waals surface area contributed by atoms with Gasteiger partial charge in [-0.3, -0.25) is 0 Å². The molecule has 1 aliphatic carbocycles. The number of allylic oxidation sites excluding steroid dienone is 4. The van der Waals surface area contributed by atoms with Crippen LogP contribution in [0.1, 0.15) is 46.0 Å². The van der Waals surface area contributed by atoms with E-state index in [1.165, 1.54) is 37.0 Å². The minimum atomic E-state index is 0.632. The zero-order valence-corrected chi connectivity index (χ0v) is 11.5. The van der Waals surface area contributed by atoms with Crippen LogP contribution < -0.4 is 5.73 Å². The maximum absolute atomic E-state index is 5.62. The molecular formula is C14H25NS. The van der Waals surface area contributed by atoms with E-state index in [2.05, 4.69) is 37.8 Å². The van der Waals surface area contributed by atoms with Crippen molar-refractivity contribution in [1.82, 2.24) is 0 Å². The average molecular weight is 239 g/mol. The summed E-state index contributed by atoms with van der Waals surface area (Å²) < 4.78 is 0. The van der Waals surface area contributed by atoms with Gasteiger partial charge < -0.3 is 5.73 Å². The molecule has 0 aromatic heterocycles. The van der Waals surface area contributed by atoms with Crippen molar-refractivity contribution >= 4 is 11.8 Å². The van der Waals surface area contributed by atoms with Crippen molar-refractivity contribution in [3.8, 4) is 0 Å². The summed E-state index contributed by atoms with van der Waals surface area (Å²) in [6.45, 7) is 5.34. The highest BCUT2D eigenvalue weighted by Crippen LogP contribution is 2.31. The van der Waals surface area contributed by atoms with E-state index in [1.807, 2.05) is 0 Å². The molecule has 0 bridgehead atoms. The normalized spacial score (nSPS) is 17.9. The topological polar surface area (TPSA) is 26.0 Å². The Labute approximate surface area is 105 Å². The summed E-state index contributed by atoms with van der Waals surface area (Å²) in [5.41, 5.74) is 7.13. The van der Waals surface area contributed by atoms with Gasteiger partial charge in [0, 0.05) is 0 Å². The van der Waals surface area contributed by atoms with E-state index in [-0.39, 0.29) is 0 Å². The van der Waals surface area contributed by atoms with Gasteiger partial charge in [-0.25, -0.2) is 0 Å². The Morgan fingerprint density at radius 3 is 3.00 bits per heavy atom. The molecule has 1 rings (SSSR count). The van der Waals surface area contributed by atoms with Crippen molar-refractivity contribution < 1.29 is 0 Å². The monoisotopic (exact) mass is 239 g/mol. The molecular weight excluding hydrogens is 214 g/mol. The highest BCUT2D eigenvalue weighted by molar-refractivity contribution is 8.03. The highest BCUT2D eigenvalue weighted by Gasteiger charge is 2.11. The quantitative estimate of drug-likeness (QED) is 0.677. The van der Waals surface area contributed by atoms with Crippen molar-refractivity contribution in [3.63, 3.8) is 0 Å². The van der Waals surface area contributed by atoms with Gasteiger partial charge >= 0.3 is 0 Å². The number of hydrogen-bond acceptors (Lipinski definition) is 2. The molecule has 92 valence electrons. The summed E-state index contributed by atoms with van der Waals surface area (Å²) in [6.07, 6.45) is 11.0. The van der Waals surface area contributed by atoms with E-state index in [4.69, 9.17) is 5.73 Å². The lowest BCUT2D eigenvalue weighted by atomic mass is 9.93. The molecule has 1 nitrogen and oxygen atoms in total. The summed E-state index contributed by atoms with van der Waals surface area (Å²) in [6, 6.07) is 0. The fraction of sp³-hybridized carbons (Fsp3) is 0.714. The van der Waals surface area contributed by atoms with E-state index in [0.29, 0.717) is 5.92 Å². The van der Waals surface area contributed by atoms with Gasteiger partial charge in [0.15, 0.2) is 0 Å². The van der Waals surface area contributed by atoms with Gasteiger partial charge in [-0.15, -0.1) is 11.8 Å². The van der Waals surface area contributed by atoms with Crippen LogP contribution in [0.15, 0.2) is 22.6 Å². The fourth-order valence-corrected chi connectivity index (χ4v) is 3.10. The Kier molecular flexibility index (Phi) is 6.90. The van der Waals surface area contributed by atoms with Crippen LogP contribution in [0.4, 0.5) is 0 Å². The molecule has 1 aliphatic rings. The van der Waals surface area contributed by atoms with Crippen LogP contribution in [0.5, 0.6) is 0 Å². The molecule has 16 heavy (non-hydrogen) atoms. The molecule has 0 fully saturated rings. The zero-order valence-electron chi connectivity index (χ0n) is 10.7. The molecule has 1 unspecified atom stereocenters. The third-order valence-electron chi connectivity index (χ3n) is 3.05.